The van der Waals surface area contributed by atoms with Gasteiger partial charge in [0.15, 0.2) is 6.61 Å². The Hall–Kier alpha value is -3.87. The molecule has 1 aliphatic heterocycles. The molecule has 1 N–H and O–H groups in total. The summed E-state index contributed by atoms with van der Waals surface area (Å²) in [6.07, 6.45) is 0.159. The van der Waals surface area contributed by atoms with Crippen molar-refractivity contribution in [2.75, 3.05) is 16.8 Å². The van der Waals surface area contributed by atoms with Crippen LogP contribution in [0.4, 0.5) is 11.4 Å². The molecule has 164 valence electrons. The first-order chi connectivity index (χ1) is 15.4. The van der Waals surface area contributed by atoms with Gasteiger partial charge in [0, 0.05) is 29.5 Å². The number of hydrogen-bond donors (Lipinski definition) is 1. The van der Waals surface area contributed by atoms with Gasteiger partial charge in [0.05, 0.1) is 16.9 Å². The van der Waals surface area contributed by atoms with Gasteiger partial charge in [-0.25, -0.2) is 4.79 Å². The quantitative estimate of drug-likeness (QED) is 0.633. The van der Waals surface area contributed by atoms with Crippen LogP contribution >= 0.6 is 0 Å². The fourth-order valence-electron chi connectivity index (χ4n) is 4.19. The lowest BCUT2D eigenvalue weighted by Crippen LogP contribution is -2.41. The number of carbonyl (C=O) groups excluding carboxylic acids is 3. The number of benzene rings is 2. The molecule has 4 rings (SSSR count). The van der Waals surface area contributed by atoms with Crippen molar-refractivity contribution in [2.45, 2.75) is 33.2 Å². The van der Waals surface area contributed by atoms with Crippen LogP contribution in [0.5, 0.6) is 0 Å². The number of nitrogens with zero attached hydrogens (tertiary/aromatic N) is 2. The Kier molecular flexibility index (Phi) is 5.81. The summed E-state index contributed by atoms with van der Waals surface area (Å²) in [5, 5.41) is 2.82. The number of ether oxygens (including phenoxy) is 1. The summed E-state index contributed by atoms with van der Waals surface area (Å²) in [6, 6.07) is 18.2. The second-order valence-electron chi connectivity index (χ2n) is 7.91. The molecule has 2 heterocycles. The molecule has 32 heavy (non-hydrogen) atoms. The minimum atomic E-state index is -0.557. The lowest BCUT2D eigenvalue weighted by molar-refractivity contribution is -0.122. The SMILES string of the molecule is Cc1cc(C(=O)OCC(=O)N2c3ccccc3NC(=O)CC2C)c(C)n1-c1ccccc1. The molecule has 7 nitrogen and oxygen atoms in total. The van der Waals surface area contributed by atoms with Crippen LogP contribution in [-0.4, -0.2) is 35.0 Å². The van der Waals surface area contributed by atoms with Crippen LogP contribution < -0.4 is 10.2 Å². The van der Waals surface area contributed by atoms with Crippen LogP contribution in [0.1, 0.15) is 35.1 Å². The van der Waals surface area contributed by atoms with E-state index in [1.54, 1.807) is 37.3 Å². The molecule has 0 radical (unpaired) electrons. The Bertz CT molecular complexity index is 1180. The zero-order valence-electron chi connectivity index (χ0n) is 18.3. The summed E-state index contributed by atoms with van der Waals surface area (Å²) in [4.78, 5) is 39.5. The number of aryl methyl sites for hydroxylation is 1. The summed E-state index contributed by atoms with van der Waals surface area (Å²) >= 11 is 0. The zero-order chi connectivity index (χ0) is 22.8. The van der Waals surface area contributed by atoms with E-state index in [1.807, 2.05) is 48.7 Å². The van der Waals surface area contributed by atoms with Crippen molar-refractivity contribution in [1.82, 2.24) is 4.57 Å². The number of rotatable bonds is 4. The van der Waals surface area contributed by atoms with Crippen LogP contribution in [0.25, 0.3) is 5.69 Å². The van der Waals surface area contributed by atoms with Crippen LogP contribution in [0.2, 0.25) is 0 Å². The Morgan fingerprint density at radius 1 is 1.06 bits per heavy atom. The fraction of sp³-hybridized carbons (Fsp3) is 0.240. The van der Waals surface area contributed by atoms with Crippen molar-refractivity contribution >= 4 is 29.2 Å². The van der Waals surface area contributed by atoms with Gasteiger partial charge >= 0.3 is 5.97 Å². The van der Waals surface area contributed by atoms with E-state index in [4.69, 9.17) is 4.74 Å². The van der Waals surface area contributed by atoms with E-state index >= 15 is 0 Å². The third-order valence-corrected chi connectivity index (χ3v) is 5.62. The van der Waals surface area contributed by atoms with Gasteiger partial charge in [0.2, 0.25) is 5.91 Å². The normalized spacial score (nSPS) is 15.5. The summed E-state index contributed by atoms with van der Waals surface area (Å²) in [5.74, 6) is -1.10. The van der Waals surface area contributed by atoms with E-state index in [1.165, 1.54) is 4.90 Å². The Morgan fingerprint density at radius 3 is 2.50 bits per heavy atom. The van der Waals surface area contributed by atoms with E-state index in [9.17, 15) is 14.4 Å². The highest BCUT2D eigenvalue weighted by Crippen LogP contribution is 2.31. The number of para-hydroxylation sites is 3. The minimum Gasteiger partial charge on any atom is -0.452 e. The van der Waals surface area contributed by atoms with Crippen molar-refractivity contribution in [2.24, 2.45) is 0 Å². The predicted molar refractivity (Wildman–Crippen MR) is 122 cm³/mol. The predicted octanol–water partition coefficient (Wildman–Crippen LogP) is 4.01. The Balaban J connectivity index is 1.53. The first-order valence-corrected chi connectivity index (χ1v) is 10.5. The smallest absolute Gasteiger partial charge is 0.340 e. The topological polar surface area (TPSA) is 80.6 Å². The van der Waals surface area contributed by atoms with E-state index in [0.717, 1.165) is 17.1 Å². The maximum absolute atomic E-state index is 13.0. The van der Waals surface area contributed by atoms with Crippen LogP contribution in [0, 0.1) is 13.8 Å². The van der Waals surface area contributed by atoms with Gasteiger partial charge in [-0.15, -0.1) is 0 Å². The maximum Gasteiger partial charge on any atom is 0.340 e. The second kappa shape index (κ2) is 8.70. The molecule has 0 aliphatic carbocycles. The molecule has 1 unspecified atom stereocenters. The number of fused-ring (bicyclic) bond motifs is 1. The van der Waals surface area contributed by atoms with Gasteiger partial charge in [-0.3, -0.25) is 9.59 Å². The highest BCUT2D eigenvalue weighted by molar-refractivity contribution is 6.05. The molecule has 0 fully saturated rings. The molecule has 0 saturated carbocycles. The van der Waals surface area contributed by atoms with Crippen molar-refractivity contribution in [3.8, 4) is 5.69 Å². The van der Waals surface area contributed by atoms with Gasteiger partial charge in [0.25, 0.3) is 5.91 Å². The molecule has 1 aliphatic rings. The highest BCUT2D eigenvalue weighted by atomic mass is 16.5. The number of carbonyl (C=O) groups is 3. The second-order valence-corrected chi connectivity index (χ2v) is 7.91. The van der Waals surface area contributed by atoms with E-state index in [2.05, 4.69) is 5.32 Å². The van der Waals surface area contributed by atoms with Gasteiger partial charge in [-0.2, -0.15) is 0 Å². The molecule has 7 heteroatoms. The van der Waals surface area contributed by atoms with E-state index in [0.29, 0.717) is 16.9 Å². The van der Waals surface area contributed by atoms with Gasteiger partial charge < -0.3 is 19.5 Å². The molecule has 0 saturated heterocycles. The van der Waals surface area contributed by atoms with Crippen LogP contribution in [0.15, 0.2) is 60.7 Å². The Labute approximate surface area is 186 Å². The van der Waals surface area contributed by atoms with Crippen LogP contribution in [-0.2, 0) is 14.3 Å². The number of esters is 1. The monoisotopic (exact) mass is 431 g/mol. The highest BCUT2D eigenvalue weighted by Gasteiger charge is 2.30. The molecule has 1 atom stereocenters. The summed E-state index contributed by atoms with van der Waals surface area (Å²) in [5.41, 5.74) is 4.16. The molecular weight excluding hydrogens is 406 g/mol. The van der Waals surface area contributed by atoms with Crippen molar-refractivity contribution < 1.29 is 19.1 Å². The van der Waals surface area contributed by atoms with Crippen LogP contribution in [0.3, 0.4) is 0 Å². The molecule has 2 aromatic carbocycles. The maximum atomic E-state index is 13.0. The minimum absolute atomic E-state index is 0.159. The molecule has 2 amide bonds. The molecule has 0 bridgehead atoms. The van der Waals surface area contributed by atoms with Crippen molar-refractivity contribution in [3.05, 3.63) is 77.6 Å². The average molecular weight is 431 g/mol. The van der Waals surface area contributed by atoms with Gasteiger partial charge in [0.1, 0.15) is 0 Å². The molecular formula is C25H25N3O4. The summed E-state index contributed by atoms with van der Waals surface area (Å²) in [6.45, 7) is 5.15. The van der Waals surface area contributed by atoms with E-state index in [-0.39, 0.29) is 24.3 Å². The lowest BCUT2D eigenvalue weighted by atomic mass is 10.1. The molecule has 1 aromatic heterocycles. The van der Waals surface area contributed by atoms with Crippen molar-refractivity contribution in [3.63, 3.8) is 0 Å². The first kappa shape index (κ1) is 21.4. The lowest BCUT2D eigenvalue weighted by Gasteiger charge is -2.27. The van der Waals surface area contributed by atoms with Gasteiger partial charge in [-0.05, 0) is 51.1 Å². The fourth-order valence-corrected chi connectivity index (χ4v) is 4.19. The number of amides is 2. The number of hydrogen-bond acceptors (Lipinski definition) is 4. The number of anilines is 2. The van der Waals surface area contributed by atoms with E-state index < -0.39 is 12.6 Å². The molecule has 3 aromatic rings. The standard InChI is InChI=1S/C25H25N3O4/c1-16-13-20(18(3)27(16)19-9-5-4-6-10-19)25(31)32-15-24(30)28-17(2)14-23(29)26-21-11-7-8-12-22(21)28/h4-13,17H,14-15H2,1-3H3,(H,26,29). The Morgan fingerprint density at radius 2 is 1.75 bits per heavy atom. The first-order valence-electron chi connectivity index (χ1n) is 10.5. The third kappa shape index (κ3) is 4.01. The third-order valence-electron chi connectivity index (χ3n) is 5.62. The van der Waals surface area contributed by atoms with Gasteiger partial charge in [-0.1, -0.05) is 30.3 Å². The summed E-state index contributed by atoms with van der Waals surface area (Å²) in [7, 11) is 0. The largest absolute Gasteiger partial charge is 0.452 e. The molecule has 0 spiro atoms. The number of aromatic nitrogens is 1. The summed E-state index contributed by atoms with van der Waals surface area (Å²) < 4.78 is 7.39. The van der Waals surface area contributed by atoms with Crippen molar-refractivity contribution in [1.29, 1.82) is 0 Å². The zero-order valence-corrected chi connectivity index (χ0v) is 18.3. The number of nitrogens with one attached hydrogen (secondary N) is 1. The average Bonchev–Trinajstić information content (AvgIpc) is 3.00.